The number of hydrogen-bond donors (Lipinski definition) is 0. The Kier molecular flexibility index (Phi) is 4.60. The monoisotopic (exact) mass is 295 g/mol. The van der Waals surface area contributed by atoms with Crippen molar-refractivity contribution in [3.63, 3.8) is 0 Å². The van der Waals surface area contributed by atoms with Crippen LogP contribution in [0, 0.1) is 13.8 Å². The molecule has 0 atom stereocenters. The van der Waals surface area contributed by atoms with Gasteiger partial charge in [0.1, 0.15) is 11.7 Å². The Balaban J connectivity index is 2.33. The maximum absolute atomic E-state index is 13.8. The summed E-state index contributed by atoms with van der Waals surface area (Å²) in [7, 11) is 0. The van der Waals surface area contributed by atoms with Gasteiger partial charge in [-0.05, 0) is 39.3 Å². The Bertz CT molecular complexity index is 626. The molecule has 0 bridgehead atoms. The summed E-state index contributed by atoms with van der Waals surface area (Å²) < 4.78 is 34.3. The largest absolute Gasteiger partial charge is 0.462 e. The first-order valence-electron chi connectivity index (χ1n) is 7.03. The Morgan fingerprint density at radius 2 is 2.10 bits per heavy atom. The van der Waals surface area contributed by atoms with Crippen molar-refractivity contribution in [1.82, 2.24) is 4.57 Å². The van der Waals surface area contributed by atoms with E-state index in [1.54, 1.807) is 31.4 Å². The van der Waals surface area contributed by atoms with E-state index >= 15 is 0 Å². The maximum Gasteiger partial charge on any atom is 0.339 e. The van der Waals surface area contributed by atoms with E-state index in [-0.39, 0.29) is 18.5 Å². The summed E-state index contributed by atoms with van der Waals surface area (Å²) >= 11 is 0. The van der Waals surface area contributed by atoms with Crippen molar-refractivity contribution >= 4 is 5.97 Å². The molecule has 0 N–H and O–H groups in total. The van der Waals surface area contributed by atoms with Crippen molar-refractivity contribution in [3.8, 4) is 0 Å². The number of esters is 1. The lowest BCUT2D eigenvalue weighted by Crippen LogP contribution is -2.11. The molecule has 1 aromatic heterocycles. The van der Waals surface area contributed by atoms with Gasteiger partial charge >= 0.3 is 5.97 Å². The van der Waals surface area contributed by atoms with Crippen LogP contribution in [0.15, 0.2) is 29.4 Å². The molecule has 1 aliphatic rings. The van der Waals surface area contributed by atoms with Crippen LogP contribution in [0.3, 0.4) is 0 Å². The van der Waals surface area contributed by atoms with Crippen LogP contribution in [0.25, 0.3) is 0 Å². The zero-order valence-corrected chi connectivity index (χ0v) is 12.5. The Morgan fingerprint density at radius 1 is 1.38 bits per heavy atom. The lowest BCUT2D eigenvalue weighted by molar-refractivity contribution is 0.0525. The minimum atomic E-state index is -0.510. The zero-order valence-electron chi connectivity index (χ0n) is 12.5. The highest BCUT2D eigenvalue weighted by Gasteiger charge is 2.21. The van der Waals surface area contributed by atoms with Crippen molar-refractivity contribution in [2.45, 2.75) is 40.2 Å². The van der Waals surface area contributed by atoms with E-state index < -0.39 is 17.6 Å². The molecule has 0 fully saturated rings. The van der Waals surface area contributed by atoms with Crippen molar-refractivity contribution in [2.75, 3.05) is 6.61 Å². The SMILES string of the molecule is CCOC(=O)c1cc(C)n(CC2=C(F)CCC=C2F)c1C. The van der Waals surface area contributed by atoms with Gasteiger partial charge in [0.15, 0.2) is 0 Å². The van der Waals surface area contributed by atoms with Gasteiger partial charge in [-0.15, -0.1) is 0 Å². The molecule has 0 spiro atoms. The molecule has 3 nitrogen and oxygen atoms in total. The van der Waals surface area contributed by atoms with Gasteiger partial charge in [-0.3, -0.25) is 0 Å². The van der Waals surface area contributed by atoms with Crippen LogP contribution in [0.1, 0.15) is 41.5 Å². The van der Waals surface area contributed by atoms with Crippen LogP contribution in [-0.4, -0.2) is 17.1 Å². The molecule has 21 heavy (non-hydrogen) atoms. The molecule has 0 saturated carbocycles. The number of allylic oxidation sites excluding steroid dienone is 4. The van der Waals surface area contributed by atoms with E-state index in [1.165, 1.54) is 6.08 Å². The standard InChI is InChI=1S/C16H19F2NO2/c1-4-21-16(20)12-8-10(2)19(11(12)3)9-13-14(17)6-5-7-15(13)18/h6,8H,4-5,7,9H2,1-3H3. The van der Waals surface area contributed by atoms with Crippen molar-refractivity contribution in [2.24, 2.45) is 0 Å². The Hall–Kier alpha value is -1.91. The predicted octanol–water partition coefficient (Wildman–Crippen LogP) is 4.15. The lowest BCUT2D eigenvalue weighted by Gasteiger charge is -2.16. The smallest absolute Gasteiger partial charge is 0.339 e. The topological polar surface area (TPSA) is 31.2 Å². The van der Waals surface area contributed by atoms with E-state index in [4.69, 9.17) is 4.74 Å². The highest BCUT2D eigenvalue weighted by molar-refractivity contribution is 5.91. The van der Waals surface area contributed by atoms with Gasteiger partial charge < -0.3 is 9.30 Å². The normalized spacial score (nSPS) is 15.2. The van der Waals surface area contributed by atoms with Crippen molar-refractivity contribution in [3.05, 3.63) is 46.3 Å². The Labute approximate surface area is 122 Å². The number of hydrogen-bond acceptors (Lipinski definition) is 2. The van der Waals surface area contributed by atoms with Crippen LogP contribution >= 0.6 is 0 Å². The molecule has 2 rings (SSSR count). The second-order valence-electron chi connectivity index (χ2n) is 5.07. The molecule has 0 radical (unpaired) electrons. The van der Waals surface area contributed by atoms with Gasteiger partial charge in [-0.2, -0.15) is 0 Å². The fraction of sp³-hybridized carbons (Fsp3) is 0.438. The minimum absolute atomic E-state index is 0.0680. The van der Waals surface area contributed by atoms with Gasteiger partial charge in [-0.1, -0.05) is 0 Å². The summed E-state index contributed by atoms with van der Waals surface area (Å²) in [5.74, 6) is -1.34. The quantitative estimate of drug-likeness (QED) is 0.781. The maximum atomic E-state index is 13.8. The molecular weight excluding hydrogens is 276 g/mol. The number of carbonyl (C=O) groups is 1. The summed E-state index contributed by atoms with van der Waals surface area (Å²) in [6.07, 6.45) is 2.02. The van der Waals surface area contributed by atoms with E-state index in [9.17, 15) is 13.6 Å². The number of rotatable bonds is 4. The molecule has 114 valence electrons. The minimum Gasteiger partial charge on any atom is -0.462 e. The first-order valence-corrected chi connectivity index (χ1v) is 7.03. The molecule has 0 amide bonds. The summed E-state index contributed by atoms with van der Waals surface area (Å²) in [4.78, 5) is 11.8. The van der Waals surface area contributed by atoms with Gasteiger partial charge in [0.25, 0.3) is 0 Å². The molecule has 1 aromatic rings. The highest BCUT2D eigenvalue weighted by Crippen LogP contribution is 2.30. The molecule has 0 saturated heterocycles. The summed E-state index contributed by atoms with van der Waals surface area (Å²) in [5, 5.41) is 0. The van der Waals surface area contributed by atoms with Crippen LogP contribution in [-0.2, 0) is 11.3 Å². The van der Waals surface area contributed by atoms with Crippen molar-refractivity contribution < 1.29 is 18.3 Å². The van der Waals surface area contributed by atoms with Gasteiger partial charge in [0.2, 0.25) is 0 Å². The van der Waals surface area contributed by atoms with Crippen LogP contribution in [0.4, 0.5) is 8.78 Å². The number of halogens is 2. The van der Waals surface area contributed by atoms with Gasteiger partial charge in [0.05, 0.1) is 18.7 Å². The number of aromatic nitrogens is 1. The first kappa shape index (κ1) is 15.5. The second kappa shape index (κ2) is 6.24. The molecular formula is C16H19F2NO2. The third-order valence-corrected chi connectivity index (χ3v) is 3.69. The Morgan fingerprint density at radius 3 is 2.71 bits per heavy atom. The van der Waals surface area contributed by atoms with E-state index in [2.05, 4.69) is 0 Å². The first-order chi connectivity index (χ1) is 9.95. The molecule has 5 heteroatoms. The fourth-order valence-corrected chi connectivity index (χ4v) is 2.51. The number of aryl methyl sites for hydroxylation is 1. The summed E-state index contributed by atoms with van der Waals surface area (Å²) in [6, 6.07) is 1.69. The van der Waals surface area contributed by atoms with Gasteiger partial charge in [0, 0.05) is 23.4 Å². The molecule has 0 unspecified atom stereocenters. The third-order valence-electron chi connectivity index (χ3n) is 3.69. The average Bonchev–Trinajstić information content (AvgIpc) is 2.70. The van der Waals surface area contributed by atoms with E-state index in [0.29, 0.717) is 24.3 Å². The molecule has 1 aliphatic carbocycles. The predicted molar refractivity (Wildman–Crippen MR) is 76.4 cm³/mol. The average molecular weight is 295 g/mol. The second-order valence-corrected chi connectivity index (χ2v) is 5.07. The van der Waals surface area contributed by atoms with Crippen LogP contribution in [0.2, 0.25) is 0 Å². The summed E-state index contributed by atoms with van der Waals surface area (Å²) in [5.41, 5.74) is 1.94. The molecule has 1 heterocycles. The number of ether oxygens (including phenoxy) is 1. The van der Waals surface area contributed by atoms with Gasteiger partial charge in [-0.25, -0.2) is 13.6 Å². The third kappa shape index (κ3) is 3.06. The van der Waals surface area contributed by atoms with Crippen LogP contribution in [0.5, 0.6) is 0 Å². The van der Waals surface area contributed by atoms with E-state index in [1.807, 2.05) is 0 Å². The molecule has 0 aromatic carbocycles. The van der Waals surface area contributed by atoms with E-state index in [0.717, 1.165) is 5.69 Å². The van der Waals surface area contributed by atoms with Crippen molar-refractivity contribution in [1.29, 1.82) is 0 Å². The number of carbonyl (C=O) groups excluding carboxylic acids is 1. The fourth-order valence-electron chi connectivity index (χ4n) is 2.51. The zero-order chi connectivity index (χ0) is 15.6. The summed E-state index contributed by atoms with van der Waals surface area (Å²) in [6.45, 7) is 5.67. The highest BCUT2D eigenvalue weighted by atomic mass is 19.1. The molecule has 0 aliphatic heterocycles. The van der Waals surface area contributed by atoms with Crippen LogP contribution < -0.4 is 0 Å². The lowest BCUT2D eigenvalue weighted by atomic mass is 10.0. The number of nitrogens with zero attached hydrogens (tertiary/aromatic N) is 1.